The Labute approximate surface area is 130 Å². The molecule has 0 unspecified atom stereocenters. The summed E-state index contributed by atoms with van der Waals surface area (Å²) in [4.78, 5) is 0. The van der Waals surface area contributed by atoms with Gasteiger partial charge in [0.15, 0.2) is 0 Å². The first-order chi connectivity index (χ1) is 10.1. The van der Waals surface area contributed by atoms with E-state index in [1.54, 1.807) is 5.57 Å². The second-order valence-electron chi connectivity index (χ2n) is 6.65. The maximum absolute atomic E-state index is 3.55. The summed E-state index contributed by atoms with van der Waals surface area (Å²) in [5, 5.41) is 3.55. The molecule has 0 bridgehead atoms. The summed E-state index contributed by atoms with van der Waals surface area (Å²) in [5.41, 5.74) is 7.26. The molecule has 1 fully saturated rings. The number of hydrogen-bond donors (Lipinski definition) is 1. The minimum atomic E-state index is 0.790. The first kappa shape index (κ1) is 16.3. The number of nitrogens with one attached hydrogen (secondary N) is 1. The number of benzene rings is 1. The highest BCUT2D eigenvalue weighted by Gasteiger charge is 2.18. The van der Waals surface area contributed by atoms with E-state index in [2.05, 4.69) is 51.2 Å². The molecule has 0 amide bonds. The Hall–Kier alpha value is -1.08. The Morgan fingerprint density at radius 3 is 2.29 bits per heavy atom. The van der Waals surface area contributed by atoms with Crippen LogP contribution in [0.25, 0.3) is 6.08 Å². The normalized spacial score (nSPS) is 17.2. The monoisotopic (exact) mass is 285 g/mol. The van der Waals surface area contributed by atoms with Crippen molar-refractivity contribution < 1.29 is 0 Å². The second-order valence-corrected chi connectivity index (χ2v) is 6.65. The average Bonchev–Trinajstić information content (AvgIpc) is 2.46. The van der Waals surface area contributed by atoms with E-state index in [9.17, 15) is 0 Å². The highest BCUT2D eigenvalue weighted by atomic mass is 14.8. The van der Waals surface area contributed by atoms with Crippen LogP contribution >= 0.6 is 0 Å². The van der Waals surface area contributed by atoms with Gasteiger partial charge in [-0.05, 0) is 62.8 Å². The fraction of sp³-hybridized carbons (Fsp3) is 0.600. The average molecular weight is 285 g/mol. The zero-order valence-corrected chi connectivity index (χ0v) is 14.3. The van der Waals surface area contributed by atoms with E-state index in [0.29, 0.717) is 0 Å². The van der Waals surface area contributed by atoms with Crippen LogP contribution in [0.5, 0.6) is 0 Å². The summed E-state index contributed by atoms with van der Waals surface area (Å²) in [6, 6.07) is 4.62. The van der Waals surface area contributed by atoms with Gasteiger partial charge in [-0.15, -0.1) is 0 Å². The number of likely N-dealkylation sites (N-methyl/N-ethyl adjacent to an activating group) is 1. The molecular formula is C20H31N. The molecule has 0 heterocycles. The van der Waals surface area contributed by atoms with Gasteiger partial charge in [0.2, 0.25) is 0 Å². The van der Waals surface area contributed by atoms with Crippen LogP contribution in [0.1, 0.15) is 61.3 Å². The highest BCUT2D eigenvalue weighted by molar-refractivity contribution is 5.61. The standard InChI is InChI=1S/C20H31N/c1-5-21-14-19(18-9-7-6-8-10-18)13-20-16(3)11-15(2)12-17(20)4/h11-13,18,21H,5-10,14H2,1-4H3. The third kappa shape index (κ3) is 4.44. The highest BCUT2D eigenvalue weighted by Crippen LogP contribution is 2.31. The Balaban J connectivity index is 2.30. The second kappa shape index (κ2) is 7.79. The Bertz CT molecular complexity index is 470. The van der Waals surface area contributed by atoms with Crippen molar-refractivity contribution in [1.82, 2.24) is 5.32 Å². The third-order valence-electron chi connectivity index (χ3n) is 4.78. The lowest BCUT2D eigenvalue weighted by Gasteiger charge is -2.25. The zero-order chi connectivity index (χ0) is 15.2. The van der Waals surface area contributed by atoms with Crippen LogP contribution in [0.4, 0.5) is 0 Å². The molecule has 0 saturated heterocycles. The molecule has 116 valence electrons. The largest absolute Gasteiger partial charge is 0.313 e. The topological polar surface area (TPSA) is 12.0 Å². The van der Waals surface area contributed by atoms with E-state index in [4.69, 9.17) is 0 Å². The lowest BCUT2D eigenvalue weighted by molar-refractivity contribution is 0.397. The Morgan fingerprint density at radius 1 is 1.10 bits per heavy atom. The summed E-state index contributed by atoms with van der Waals surface area (Å²) in [7, 11) is 0. The molecule has 1 saturated carbocycles. The minimum Gasteiger partial charge on any atom is -0.313 e. The molecule has 1 aromatic carbocycles. The predicted octanol–water partition coefficient (Wildman–Crippen LogP) is 5.19. The SMILES string of the molecule is CCNCC(=Cc1c(C)cc(C)cc1C)C1CCCCC1. The van der Waals surface area contributed by atoms with E-state index < -0.39 is 0 Å². The van der Waals surface area contributed by atoms with Crippen molar-refractivity contribution in [2.45, 2.75) is 59.8 Å². The van der Waals surface area contributed by atoms with E-state index >= 15 is 0 Å². The van der Waals surface area contributed by atoms with Gasteiger partial charge in [0.25, 0.3) is 0 Å². The van der Waals surface area contributed by atoms with Crippen molar-refractivity contribution in [3.8, 4) is 0 Å². The molecule has 21 heavy (non-hydrogen) atoms. The van der Waals surface area contributed by atoms with Crippen LogP contribution in [-0.4, -0.2) is 13.1 Å². The summed E-state index contributed by atoms with van der Waals surface area (Å²) in [6.45, 7) is 11.0. The van der Waals surface area contributed by atoms with Crippen LogP contribution < -0.4 is 5.32 Å². The molecule has 1 N–H and O–H groups in total. The zero-order valence-electron chi connectivity index (χ0n) is 14.3. The maximum atomic E-state index is 3.55. The van der Waals surface area contributed by atoms with Gasteiger partial charge in [0.05, 0.1) is 0 Å². The summed E-state index contributed by atoms with van der Waals surface area (Å²) in [6.07, 6.45) is 9.47. The van der Waals surface area contributed by atoms with Crippen LogP contribution in [0.3, 0.4) is 0 Å². The summed E-state index contributed by atoms with van der Waals surface area (Å²) >= 11 is 0. The molecule has 1 aromatic rings. The maximum Gasteiger partial charge on any atom is 0.0170 e. The van der Waals surface area contributed by atoms with Gasteiger partial charge in [-0.2, -0.15) is 0 Å². The number of hydrogen-bond acceptors (Lipinski definition) is 1. The van der Waals surface area contributed by atoms with Crippen molar-refractivity contribution in [2.75, 3.05) is 13.1 Å². The van der Waals surface area contributed by atoms with Gasteiger partial charge in [0, 0.05) is 6.54 Å². The lowest BCUT2D eigenvalue weighted by Crippen LogP contribution is -2.22. The van der Waals surface area contributed by atoms with Gasteiger partial charge in [-0.3, -0.25) is 0 Å². The van der Waals surface area contributed by atoms with Gasteiger partial charge in [-0.1, -0.05) is 55.5 Å². The lowest BCUT2D eigenvalue weighted by atomic mass is 9.82. The molecule has 1 heteroatoms. The molecule has 0 spiro atoms. The van der Waals surface area contributed by atoms with E-state index in [0.717, 1.165) is 19.0 Å². The molecular weight excluding hydrogens is 254 g/mol. The van der Waals surface area contributed by atoms with Gasteiger partial charge >= 0.3 is 0 Å². The van der Waals surface area contributed by atoms with Gasteiger partial charge in [-0.25, -0.2) is 0 Å². The molecule has 0 aromatic heterocycles. The molecule has 1 nitrogen and oxygen atoms in total. The molecule has 1 aliphatic rings. The third-order valence-corrected chi connectivity index (χ3v) is 4.78. The van der Waals surface area contributed by atoms with Crippen LogP contribution in [0, 0.1) is 26.7 Å². The predicted molar refractivity (Wildman–Crippen MR) is 93.7 cm³/mol. The van der Waals surface area contributed by atoms with E-state index in [1.807, 2.05) is 0 Å². The van der Waals surface area contributed by atoms with Crippen LogP contribution in [-0.2, 0) is 0 Å². The number of aryl methyl sites for hydroxylation is 3. The molecule has 0 aliphatic heterocycles. The first-order valence-electron chi connectivity index (χ1n) is 8.60. The Kier molecular flexibility index (Phi) is 6.05. The molecule has 0 radical (unpaired) electrons. The van der Waals surface area contributed by atoms with E-state index in [-0.39, 0.29) is 0 Å². The van der Waals surface area contributed by atoms with Crippen molar-refractivity contribution in [3.63, 3.8) is 0 Å². The fourth-order valence-electron chi connectivity index (χ4n) is 3.66. The first-order valence-corrected chi connectivity index (χ1v) is 8.60. The van der Waals surface area contributed by atoms with Crippen LogP contribution in [0.15, 0.2) is 17.7 Å². The smallest absolute Gasteiger partial charge is 0.0170 e. The van der Waals surface area contributed by atoms with Gasteiger partial charge < -0.3 is 5.32 Å². The fourth-order valence-corrected chi connectivity index (χ4v) is 3.66. The Morgan fingerprint density at radius 2 is 1.71 bits per heavy atom. The quantitative estimate of drug-likeness (QED) is 0.785. The van der Waals surface area contributed by atoms with Crippen molar-refractivity contribution in [2.24, 2.45) is 5.92 Å². The molecule has 2 rings (SSSR count). The van der Waals surface area contributed by atoms with Crippen molar-refractivity contribution >= 4 is 6.08 Å². The summed E-state index contributed by atoms with van der Waals surface area (Å²) < 4.78 is 0. The van der Waals surface area contributed by atoms with E-state index in [1.165, 1.54) is 54.4 Å². The molecule has 1 aliphatic carbocycles. The molecule has 0 atom stereocenters. The minimum absolute atomic E-state index is 0.790. The van der Waals surface area contributed by atoms with Gasteiger partial charge in [0.1, 0.15) is 0 Å². The van der Waals surface area contributed by atoms with Crippen molar-refractivity contribution in [1.29, 1.82) is 0 Å². The number of rotatable bonds is 5. The van der Waals surface area contributed by atoms with Crippen LogP contribution in [0.2, 0.25) is 0 Å². The summed E-state index contributed by atoms with van der Waals surface area (Å²) in [5.74, 6) is 0.790. The van der Waals surface area contributed by atoms with Crippen molar-refractivity contribution in [3.05, 3.63) is 40.0 Å².